The van der Waals surface area contributed by atoms with Crippen LogP contribution in [0, 0.1) is 0 Å². The van der Waals surface area contributed by atoms with E-state index in [0.717, 1.165) is 12.2 Å². The number of aliphatic hydroxyl groups is 1. The second-order valence-corrected chi connectivity index (χ2v) is 4.90. The highest BCUT2D eigenvalue weighted by atomic mass is 35.5. The number of hydrogen-bond acceptors (Lipinski definition) is 4. The van der Waals surface area contributed by atoms with Gasteiger partial charge in [0.05, 0.1) is 25.5 Å². The maximum atomic E-state index is 9.34. The van der Waals surface area contributed by atoms with E-state index in [1.165, 1.54) is 0 Å². The summed E-state index contributed by atoms with van der Waals surface area (Å²) in [5, 5.41) is 14.2. The monoisotopic (exact) mass is 310 g/mol. The van der Waals surface area contributed by atoms with Gasteiger partial charge in [-0.05, 0) is 12.1 Å². The molecule has 0 radical (unpaired) electrons. The fourth-order valence-electron chi connectivity index (χ4n) is 2.00. The van der Waals surface area contributed by atoms with Gasteiger partial charge in [-0.1, -0.05) is 29.8 Å². The van der Waals surface area contributed by atoms with Crippen LogP contribution < -0.4 is 4.74 Å². The molecule has 2 rings (SSSR count). The molecule has 1 N–H and O–H groups in total. The van der Waals surface area contributed by atoms with Gasteiger partial charge >= 0.3 is 0 Å². The lowest BCUT2D eigenvalue weighted by Gasteiger charge is -2.06. The molecule has 0 aliphatic heterocycles. The fourth-order valence-corrected chi connectivity index (χ4v) is 2.29. The summed E-state index contributed by atoms with van der Waals surface area (Å²) in [5.74, 6) is 0.847. The molecule has 1 aromatic carbocycles. The first-order valence-corrected chi connectivity index (χ1v) is 7.15. The molecular weight excluding hydrogens is 292 g/mol. The Balaban J connectivity index is 1.88. The Labute approximate surface area is 129 Å². The molecule has 5 nitrogen and oxygen atoms in total. The van der Waals surface area contributed by atoms with Crippen molar-refractivity contribution in [1.82, 2.24) is 9.78 Å². The fraction of sp³-hybridized carbons (Fsp3) is 0.400. The Kier molecular flexibility index (Phi) is 6.04. The zero-order valence-electron chi connectivity index (χ0n) is 12.0. The number of aromatic nitrogens is 2. The minimum Gasteiger partial charge on any atom is -0.494 e. The number of nitrogens with zero attached hydrogens (tertiary/aromatic N) is 2. The molecule has 21 heavy (non-hydrogen) atoms. The molecule has 1 aromatic heterocycles. The van der Waals surface area contributed by atoms with Gasteiger partial charge in [0.15, 0.2) is 0 Å². The van der Waals surface area contributed by atoms with E-state index in [-0.39, 0.29) is 6.61 Å². The predicted molar refractivity (Wildman–Crippen MR) is 80.4 cm³/mol. The molecule has 0 unspecified atom stereocenters. The Morgan fingerprint density at radius 1 is 1.29 bits per heavy atom. The molecule has 0 spiro atoms. The summed E-state index contributed by atoms with van der Waals surface area (Å²) in [6.45, 7) is 1.40. The van der Waals surface area contributed by atoms with Crippen molar-refractivity contribution in [2.24, 2.45) is 0 Å². The first kappa shape index (κ1) is 15.8. The van der Waals surface area contributed by atoms with Crippen molar-refractivity contribution in [3.8, 4) is 5.75 Å². The standard InChI is InChI=1S/C15H19ClN2O3/c1-20-11-14-13(10-19)15(16)18(17-14)8-5-9-21-12-6-3-2-4-7-12/h2-4,6-7,19H,5,8-11H2,1H3. The third-order valence-corrected chi connectivity index (χ3v) is 3.45. The smallest absolute Gasteiger partial charge is 0.132 e. The minimum atomic E-state index is -0.141. The Morgan fingerprint density at radius 3 is 2.71 bits per heavy atom. The maximum Gasteiger partial charge on any atom is 0.132 e. The number of para-hydroxylation sites is 1. The summed E-state index contributed by atoms with van der Waals surface area (Å²) in [7, 11) is 1.59. The molecule has 6 heteroatoms. The molecule has 0 aliphatic rings. The van der Waals surface area contributed by atoms with Gasteiger partial charge in [-0.3, -0.25) is 4.68 Å². The minimum absolute atomic E-state index is 0.141. The number of methoxy groups -OCH3 is 1. The van der Waals surface area contributed by atoms with E-state index < -0.39 is 0 Å². The number of rotatable bonds is 8. The highest BCUT2D eigenvalue weighted by Gasteiger charge is 2.15. The molecule has 0 aliphatic carbocycles. The summed E-state index contributed by atoms with van der Waals surface area (Å²) in [6, 6.07) is 9.65. The van der Waals surface area contributed by atoms with E-state index in [9.17, 15) is 5.11 Å². The van der Waals surface area contributed by atoms with Gasteiger partial charge in [0.1, 0.15) is 10.9 Å². The van der Waals surface area contributed by atoms with Gasteiger partial charge in [0, 0.05) is 25.6 Å². The molecule has 0 saturated heterocycles. The molecule has 2 aromatic rings. The van der Waals surface area contributed by atoms with Crippen LogP contribution in [0.15, 0.2) is 30.3 Å². The number of hydrogen-bond donors (Lipinski definition) is 1. The third-order valence-electron chi connectivity index (χ3n) is 3.03. The number of aliphatic hydroxyl groups excluding tert-OH is 1. The van der Waals surface area contributed by atoms with Gasteiger partial charge in [-0.25, -0.2) is 0 Å². The summed E-state index contributed by atoms with van der Waals surface area (Å²) < 4.78 is 12.3. The van der Waals surface area contributed by atoms with Crippen molar-refractivity contribution >= 4 is 11.6 Å². The van der Waals surface area contributed by atoms with Gasteiger partial charge in [-0.15, -0.1) is 0 Å². The predicted octanol–water partition coefficient (Wildman–Crippen LogP) is 2.64. The van der Waals surface area contributed by atoms with Gasteiger partial charge < -0.3 is 14.6 Å². The van der Waals surface area contributed by atoms with Crippen molar-refractivity contribution in [3.05, 3.63) is 46.7 Å². The van der Waals surface area contributed by atoms with Crippen molar-refractivity contribution in [2.75, 3.05) is 13.7 Å². The maximum absolute atomic E-state index is 9.34. The largest absolute Gasteiger partial charge is 0.494 e. The summed E-state index contributed by atoms with van der Waals surface area (Å²) >= 11 is 6.21. The molecule has 0 saturated carbocycles. The Bertz CT molecular complexity index is 558. The van der Waals surface area contributed by atoms with Gasteiger partial charge in [-0.2, -0.15) is 5.10 Å². The number of aryl methyl sites for hydroxylation is 1. The average Bonchev–Trinajstić information content (AvgIpc) is 2.80. The van der Waals surface area contributed by atoms with Crippen LogP contribution in [0.2, 0.25) is 5.15 Å². The van der Waals surface area contributed by atoms with Crippen LogP contribution in [0.1, 0.15) is 17.7 Å². The lowest BCUT2D eigenvalue weighted by atomic mass is 10.3. The summed E-state index contributed by atoms with van der Waals surface area (Å²) in [5.41, 5.74) is 1.30. The molecule has 1 heterocycles. The first-order valence-electron chi connectivity index (χ1n) is 6.78. The molecule has 0 atom stereocenters. The second kappa shape index (κ2) is 8.02. The van der Waals surface area contributed by atoms with Crippen LogP contribution in [0.5, 0.6) is 5.75 Å². The van der Waals surface area contributed by atoms with Crippen LogP contribution >= 0.6 is 11.6 Å². The van der Waals surface area contributed by atoms with E-state index in [1.807, 2.05) is 30.3 Å². The van der Waals surface area contributed by atoms with Crippen LogP contribution in [-0.4, -0.2) is 28.6 Å². The zero-order valence-corrected chi connectivity index (χ0v) is 12.7. The number of benzene rings is 1. The topological polar surface area (TPSA) is 56.5 Å². The Morgan fingerprint density at radius 2 is 2.05 bits per heavy atom. The molecule has 0 fully saturated rings. The number of halogens is 1. The van der Waals surface area contributed by atoms with E-state index in [2.05, 4.69) is 5.10 Å². The highest BCUT2D eigenvalue weighted by Crippen LogP contribution is 2.21. The van der Waals surface area contributed by atoms with E-state index >= 15 is 0 Å². The SMILES string of the molecule is COCc1nn(CCCOc2ccccc2)c(Cl)c1CO. The normalized spacial score (nSPS) is 10.8. The van der Waals surface area contributed by atoms with E-state index in [0.29, 0.717) is 36.2 Å². The third kappa shape index (κ3) is 4.20. The van der Waals surface area contributed by atoms with Crippen LogP contribution in [0.4, 0.5) is 0 Å². The molecular formula is C15H19ClN2O3. The first-order chi connectivity index (χ1) is 10.3. The zero-order chi connectivity index (χ0) is 15.1. The molecule has 114 valence electrons. The van der Waals surface area contributed by atoms with Gasteiger partial charge in [0.25, 0.3) is 0 Å². The highest BCUT2D eigenvalue weighted by molar-refractivity contribution is 6.30. The Hall–Kier alpha value is -1.56. The second-order valence-electron chi connectivity index (χ2n) is 4.55. The van der Waals surface area contributed by atoms with Crippen LogP contribution in [-0.2, 0) is 24.5 Å². The van der Waals surface area contributed by atoms with Crippen LogP contribution in [0.3, 0.4) is 0 Å². The van der Waals surface area contributed by atoms with Crippen molar-refractivity contribution in [2.45, 2.75) is 26.2 Å². The molecule has 0 amide bonds. The van der Waals surface area contributed by atoms with Gasteiger partial charge in [0.2, 0.25) is 0 Å². The molecule has 0 bridgehead atoms. The average molecular weight is 311 g/mol. The lowest BCUT2D eigenvalue weighted by Crippen LogP contribution is -2.06. The van der Waals surface area contributed by atoms with Crippen molar-refractivity contribution < 1.29 is 14.6 Å². The van der Waals surface area contributed by atoms with E-state index in [4.69, 9.17) is 21.1 Å². The lowest BCUT2D eigenvalue weighted by molar-refractivity contribution is 0.177. The number of ether oxygens (including phenoxy) is 2. The van der Waals surface area contributed by atoms with Crippen molar-refractivity contribution in [1.29, 1.82) is 0 Å². The van der Waals surface area contributed by atoms with Crippen molar-refractivity contribution in [3.63, 3.8) is 0 Å². The summed E-state index contributed by atoms with van der Waals surface area (Å²) in [6.07, 6.45) is 0.771. The summed E-state index contributed by atoms with van der Waals surface area (Å²) in [4.78, 5) is 0. The van der Waals surface area contributed by atoms with Crippen LogP contribution in [0.25, 0.3) is 0 Å². The quantitative estimate of drug-likeness (QED) is 0.762. The van der Waals surface area contributed by atoms with E-state index in [1.54, 1.807) is 11.8 Å².